The van der Waals surface area contributed by atoms with Crippen LogP contribution >= 0.6 is 15.9 Å². The van der Waals surface area contributed by atoms with Crippen molar-refractivity contribution in [1.29, 1.82) is 0 Å². The Morgan fingerprint density at radius 2 is 2.03 bits per heavy atom. The maximum absolute atomic E-state index is 12.8. The number of halogens is 1. The highest BCUT2D eigenvalue weighted by atomic mass is 79.9. The van der Waals surface area contributed by atoms with E-state index in [1.165, 1.54) is 11.1 Å². The molecule has 5 rings (SSSR count). The molecule has 0 spiro atoms. The Labute approximate surface area is 191 Å². The fraction of sp³-hybridized carbons (Fsp3) is 0.565. The highest BCUT2D eigenvalue weighted by Crippen LogP contribution is 2.61. The van der Waals surface area contributed by atoms with Crippen molar-refractivity contribution >= 4 is 27.5 Å². The van der Waals surface area contributed by atoms with Crippen LogP contribution in [0.5, 0.6) is 0 Å². The van der Waals surface area contributed by atoms with Gasteiger partial charge in [0.15, 0.2) is 0 Å². The molecule has 2 aromatic heterocycles. The largest absolute Gasteiger partial charge is 0.380 e. The summed E-state index contributed by atoms with van der Waals surface area (Å²) in [7, 11) is 1.72. The van der Waals surface area contributed by atoms with E-state index in [9.17, 15) is 9.59 Å². The molecule has 3 aliphatic rings. The summed E-state index contributed by atoms with van der Waals surface area (Å²) in [6.45, 7) is 7.41. The number of carbonyl (C=O) groups excluding carboxylic acids is 1. The van der Waals surface area contributed by atoms with Gasteiger partial charge in [-0.05, 0) is 69.6 Å². The summed E-state index contributed by atoms with van der Waals surface area (Å²) in [4.78, 5) is 31.0. The van der Waals surface area contributed by atoms with Gasteiger partial charge >= 0.3 is 0 Å². The lowest BCUT2D eigenvalue weighted by molar-refractivity contribution is -0.131. The molecule has 8 heteroatoms. The molecule has 7 nitrogen and oxygen atoms in total. The van der Waals surface area contributed by atoms with Crippen molar-refractivity contribution in [2.45, 2.75) is 52.7 Å². The normalized spacial score (nSPS) is 26.1. The van der Waals surface area contributed by atoms with Gasteiger partial charge in [-0.2, -0.15) is 5.10 Å². The monoisotopic (exact) mass is 487 g/mol. The predicted molar refractivity (Wildman–Crippen MR) is 123 cm³/mol. The Morgan fingerprint density at radius 3 is 2.68 bits per heavy atom. The van der Waals surface area contributed by atoms with Gasteiger partial charge in [0, 0.05) is 32.0 Å². The smallest absolute Gasteiger partial charge is 0.283 e. The minimum atomic E-state index is -0.301. The summed E-state index contributed by atoms with van der Waals surface area (Å²) < 4.78 is 1.64. The number of aromatic nitrogens is 3. The average molecular weight is 488 g/mol. The van der Waals surface area contributed by atoms with Gasteiger partial charge in [0.25, 0.3) is 5.56 Å². The van der Waals surface area contributed by atoms with E-state index in [4.69, 9.17) is 0 Å². The van der Waals surface area contributed by atoms with Gasteiger partial charge in [-0.3, -0.25) is 14.6 Å². The first kappa shape index (κ1) is 22.0. The number of fused-ring (bicyclic) bond motifs is 2. The van der Waals surface area contributed by atoms with Gasteiger partial charge in [0.05, 0.1) is 11.9 Å². The van der Waals surface area contributed by atoms with Crippen molar-refractivity contribution in [3.05, 3.63) is 51.1 Å². The van der Waals surface area contributed by atoms with Gasteiger partial charge in [0.2, 0.25) is 5.91 Å². The zero-order valence-electron chi connectivity index (χ0n) is 18.5. The van der Waals surface area contributed by atoms with E-state index in [1.54, 1.807) is 30.5 Å². The minimum Gasteiger partial charge on any atom is -0.380 e. The van der Waals surface area contributed by atoms with Gasteiger partial charge in [-0.1, -0.05) is 20.8 Å². The number of amides is 1. The number of anilines is 1. The van der Waals surface area contributed by atoms with Crippen LogP contribution in [0.3, 0.4) is 0 Å². The quantitative estimate of drug-likeness (QED) is 0.673. The molecule has 4 atom stereocenters. The van der Waals surface area contributed by atoms with Gasteiger partial charge < -0.3 is 10.2 Å². The molecule has 31 heavy (non-hydrogen) atoms. The number of pyridine rings is 1. The number of nitrogens with zero attached hydrogens (tertiary/aromatic N) is 4. The highest BCUT2D eigenvalue weighted by Gasteiger charge is 2.56. The van der Waals surface area contributed by atoms with Crippen LogP contribution in [0.4, 0.5) is 5.69 Å². The first-order chi connectivity index (χ1) is 14.7. The topological polar surface area (TPSA) is 80.1 Å². The van der Waals surface area contributed by atoms with Crippen molar-refractivity contribution < 1.29 is 4.79 Å². The summed E-state index contributed by atoms with van der Waals surface area (Å²) in [6.07, 6.45) is 7.46. The van der Waals surface area contributed by atoms with Crippen molar-refractivity contribution in [3.8, 4) is 0 Å². The van der Waals surface area contributed by atoms with Crippen LogP contribution in [-0.2, 0) is 17.9 Å². The average Bonchev–Trinajstić information content (AvgIpc) is 2.74. The summed E-state index contributed by atoms with van der Waals surface area (Å²) in [5, 5.41) is 7.82. The van der Waals surface area contributed by atoms with E-state index in [0.717, 1.165) is 17.9 Å². The molecule has 1 N–H and O–H groups in total. The zero-order chi connectivity index (χ0) is 22.3. The summed E-state index contributed by atoms with van der Waals surface area (Å²) >= 11 is 3.44. The Bertz CT molecular complexity index is 1020. The standard InChI is InChI=1S/C23H30BrN5O2/c1-14-17-9-16(23(17,2)3)10-18(14)27-19-11-26-29(22(31)21(19)24)13-20(30)28(4)12-15-5-7-25-8-6-15/h5-8,11,14,16-18,27H,9-10,12-13H2,1-4H3/t14-,16-,17+,18-/m1/s1. The fourth-order valence-electron chi connectivity index (χ4n) is 5.32. The second-order valence-corrected chi connectivity index (χ2v) is 10.4. The van der Waals surface area contributed by atoms with E-state index in [1.807, 2.05) is 12.1 Å². The maximum atomic E-state index is 12.8. The molecule has 2 aromatic rings. The van der Waals surface area contributed by atoms with Crippen molar-refractivity contribution in [3.63, 3.8) is 0 Å². The van der Waals surface area contributed by atoms with Crippen LogP contribution in [0.15, 0.2) is 40.0 Å². The second-order valence-electron chi connectivity index (χ2n) is 9.65. The predicted octanol–water partition coefficient (Wildman–Crippen LogP) is 3.54. The molecule has 3 aliphatic carbocycles. The van der Waals surface area contributed by atoms with Crippen LogP contribution in [-0.4, -0.2) is 38.7 Å². The second kappa shape index (κ2) is 8.37. The zero-order valence-corrected chi connectivity index (χ0v) is 20.1. The SMILES string of the molecule is C[C@H]1[C@H](Nc2cnn(CC(=O)N(C)Cc3ccncc3)c(=O)c2Br)C[C@H]2C[C@@H]1C2(C)C. The lowest BCUT2D eigenvalue weighted by atomic mass is 9.45. The Hall–Kier alpha value is -2.22. The Morgan fingerprint density at radius 1 is 1.32 bits per heavy atom. The lowest BCUT2D eigenvalue weighted by Crippen LogP contribution is -2.58. The molecule has 3 saturated carbocycles. The molecule has 1 amide bonds. The summed E-state index contributed by atoms with van der Waals surface area (Å²) in [6, 6.07) is 4.06. The van der Waals surface area contributed by atoms with E-state index in [-0.39, 0.29) is 18.0 Å². The highest BCUT2D eigenvalue weighted by molar-refractivity contribution is 9.10. The number of carbonyl (C=O) groups is 1. The Balaban J connectivity index is 1.42. The minimum absolute atomic E-state index is 0.0997. The molecule has 0 saturated heterocycles. The summed E-state index contributed by atoms with van der Waals surface area (Å²) in [5.74, 6) is 1.80. The van der Waals surface area contributed by atoms with E-state index in [0.29, 0.717) is 40.0 Å². The first-order valence-electron chi connectivity index (χ1n) is 10.8. The molecule has 166 valence electrons. The van der Waals surface area contributed by atoms with Crippen LogP contribution in [0, 0.1) is 23.2 Å². The first-order valence-corrected chi connectivity index (χ1v) is 11.6. The number of rotatable bonds is 6. The molecular formula is C23H30BrN5O2. The van der Waals surface area contributed by atoms with Crippen molar-refractivity contribution in [2.24, 2.45) is 23.2 Å². The Kier molecular flexibility index (Phi) is 5.94. The fourth-order valence-corrected chi connectivity index (χ4v) is 5.74. The van der Waals surface area contributed by atoms with E-state index in [2.05, 4.69) is 52.1 Å². The molecule has 0 unspecified atom stereocenters. The van der Waals surface area contributed by atoms with Gasteiger partial charge in [0.1, 0.15) is 11.0 Å². The number of nitrogens with one attached hydrogen (secondary N) is 1. The molecule has 2 heterocycles. The molecule has 2 bridgehead atoms. The molecule has 0 aromatic carbocycles. The van der Waals surface area contributed by atoms with Crippen molar-refractivity contribution in [2.75, 3.05) is 12.4 Å². The molecule has 0 aliphatic heterocycles. The number of hydrogen-bond acceptors (Lipinski definition) is 5. The van der Waals surface area contributed by atoms with Crippen LogP contribution in [0.1, 0.15) is 39.2 Å². The number of hydrogen-bond donors (Lipinski definition) is 1. The van der Waals surface area contributed by atoms with Crippen LogP contribution in [0.2, 0.25) is 0 Å². The number of likely N-dealkylation sites (N-methyl/N-ethyl adjacent to an activating group) is 1. The lowest BCUT2D eigenvalue weighted by Gasteiger charge is -2.62. The van der Waals surface area contributed by atoms with Crippen molar-refractivity contribution in [1.82, 2.24) is 19.7 Å². The van der Waals surface area contributed by atoms with E-state index < -0.39 is 0 Å². The maximum Gasteiger partial charge on any atom is 0.283 e. The van der Waals surface area contributed by atoms with Gasteiger partial charge in [-0.15, -0.1) is 0 Å². The van der Waals surface area contributed by atoms with Crippen LogP contribution in [0.25, 0.3) is 0 Å². The van der Waals surface area contributed by atoms with E-state index >= 15 is 0 Å². The molecule has 3 fully saturated rings. The third kappa shape index (κ3) is 4.14. The third-order valence-corrected chi connectivity index (χ3v) is 8.33. The molecular weight excluding hydrogens is 458 g/mol. The van der Waals surface area contributed by atoms with Gasteiger partial charge in [-0.25, -0.2) is 4.68 Å². The molecule has 0 radical (unpaired) electrons. The summed E-state index contributed by atoms with van der Waals surface area (Å²) in [5.41, 5.74) is 1.80. The third-order valence-electron chi connectivity index (χ3n) is 7.56. The van der Waals surface area contributed by atoms with Crippen LogP contribution < -0.4 is 10.9 Å².